The first-order valence-electron chi connectivity index (χ1n) is 10.5. The van der Waals surface area contributed by atoms with Crippen molar-refractivity contribution in [1.82, 2.24) is 20.0 Å². The summed E-state index contributed by atoms with van der Waals surface area (Å²) >= 11 is 6.04. The van der Waals surface area contributed by atoms with Crippen LogP contribution in [0.4, 0.5) is 5.69 Å². The van der Waals surface area contributed by atoms with E-state index in [9.17, 15) is 0 Å². The van der Waals surface area contributed by atoms with Crippen LogP contribution < -0.4 is 5.32 Å². The van der Waals surface area contributed by atoms with Gasteiger partial charge in [0.25, 0.3) is 0 Å². The Hall–Kier alpha value is -4.11. The third-order valence-electron chi connectivity index (χ3n) is 4.48. The summed E-state index contributed by atoms with van der Waals surface area (Å²) in [5.74, 6) is 0. The highest BCUT2D eigenvalue weighted by molar-refractivity contribution is 6.30. The normalized spacial score (nSPS) is 10.0. The van der Waals surface area contributed by atoms with Gasteiger partial charge in [0.05, 0.1) is 17.1 Å². The molecular formula is C25H29ClN6O3. The highest BCUT2D eigenvalue weighted by atomic mass is 35.5. The van der Waals surface area contributed by atoms with Gasteiger partial charge in [-0.3, -0.25) is 0 Å². The van der Waals surface area contributed by atoms with Gasteiger partial charge in [0.1, 0.15) is 25.7 Å². The number of oxime groups is 1. The molecule has 0 aliphatic carbocycles. The van der Waals surface area contributed by atoms with E-state index in [2.05, 4.69) is 44.8 Å². The van der Waals surface area contributed by atoms with Crippen LogP contribution in [0.3, 0.4) is 0 Å². The minimum Gasteiger partial charge on any atom is -0.396 e. The molecule has 0 amide bonds. The predicted octanol–water partition coefficient (Wildman–Crippen LogP) is 4.90. The molecule has 0 saturated carbocycles. The van der Waals surface area contributed by atoms with Gasteiger partial charge in [-0.2, -0.15) is 0 Å². The minimum absolute atomic E-state index is 0.611. The lowest BCUT2D eigenvalue weighted by Gasteiger charge is -2.09. The van der Waals surface area contributed by atoms with Crippen LogP contribution in [-0.2, 0) is 14.4 Å². The number of hydrogen-bond acceptors (Lipinski definition) is 8. The van der Waals surface area contributed by atoms with Crippen molar-refractivity contribution in [1.29, 1.82) is 0 Å². The van der Waals surface area contributed by atoms with Gasteiger partial charge in [0, 0.05) is 18.3 Å². The van der Waals surface area contributed by atoms with E-state index in [1.807, 2.05) is 76.9 Å². The molecule has 4 aromatic rings. The number of pyridine rings is 1. The molecule has 9 nitrogen and oxygen atoms in total. The molecular weight excluding hydrogens is 468 g/mol. The van der Waals surface area contributed by atoms with E-state index in [4.69, 9.17) is 26.0 Å². The third-order valence-corrected chi connectivity index (χ3v) is 4.72. The molecule has 2 aromatic carbocycles. The number of halogens is 1. The highest BCUT2D eigenvalue weighted by Crippen LogP contribution is 2.25. The molecule has 0 unspecified atom stereocenters. The van der Waals surface area contributed by atoms with Crippen LogP contribution in [0.5, 0.6) is 0 Å². The smallest absolute Gasteiger partial charge is 0.202 e. The molecule has 0 saturated heterocycles. The van der Waals surface area contributed by atoms with Crippen LogP contribution in [0.2, 0.25) is 5.02 Å². The zero-order valence-electron chi connectivity index (χ0n) is 20.2. The summed E-state index contributed by atoms with van der Waals surface area (Å²) in [4.78, 5) is 25.1. The Morgan fingerprint density at radius 1 is 1.11 bits per heavy atom. The zero-order valence-corrected chi connectivity index (χ0v) is 21.0. The Morgan fingerprint density at radius 3 is 2.43 bits per heavy atom. The molecule has 2 heterocycles. The fourth-order valence-corrected chi connectivity index (χ4v) is 3.01. The second kappa shape index (κ2) is 15.7. The number of hydrogen-bond donors (Lipinski definition) is 1. The van der Waals surface area contributed by atoms with Gasteiger partial charge in [0.2, 0.25) is 5.65 Å². The molecule has 2 aromatic heterocycles. The first kappa shape index (κ1) is 28.9. The Balaban J connectivity index is 0.000000320. The summed E-state index contributed by atoms with van der Waals surface area (Å²) in [5.41, 5.74) is 6.51. The number of nitrogens with zero attached hydrogens (tertiary/aromatic N) is 5. The third kappa shape index (κ3) is 8.31. The molecule has 4 rings (SSSR count). The van der Waals surface area contributed by atoms with Crippen molar-refractivity contribution in [2.45, 2.75) is 20.8 Å². The van der Waals surface area contributed by atoms with E-state index in [-0.39, 0.29) is 0 Å². The van der Waals surface area contributed by atoms with Crippen molar-refractivity contribution >= 4 is 47.7 Å². The Bertz CT molecular complexity index is 1210. The van der Waals surface area contributed by atoms with Gasteiger partial charge >= 0.3 is 0 Å². The summed E-state index contributed by atoms with van der Waals surface area (Å²) in [6, 6.07) is 17.6. The quantitative estimate of drug-likeness (QED) is 0.309. The number of carbonyl (C=O) groups is 2. The molecule has 0 radical (unpaired) electrons. The number of carbonyl (C=O) groups excluding carboxylic acids is 2. The summed E-state index contributed by atoms with van der Waals surface area (Å²) < 4.78 is 1.72. The first-order chi connectivity index (χ1) is 17.0. The molecule has 0 aliphatic rings. The van der Waals surface area contributed by atoms with Gasteiger partial charge in [-0.05, 0) is 56.7 Å². The van der Waals surface area contributed by atoms with Crippen LogP contribution >= 0.6 is 11.6 Å². The van der Waals surface area contributed by atoms with Gasteiger partial charge < -0.3 is 19.7 Å². The van der Waals surface area contributed by atoms with Crippen molar-refractivity contribution in [3.05, 3.63) is 76.9 Å². The summed E-state index contributed by atoms with van der Waals surface area (Å²) in [6.07, 6.45) is 1.69. The average molecular weight is 497 g/mol. The van der Waals surface area contributed by atoms with Crippen LogP contribution in [0.1, 0.15) is 25.0 Å². The van der Waals surface area contributed by atoms with E-state index in [0.29, 0.717) is 17.3 Å². The number of aryl methyl sites for hydroxylation is 1. The maximum atomic E-state index is 8.00. The maximum absolute atomic E-state index is 8.00. The summed E-state index contributed by atoms with van der Waals surface area (Å²) in [6.45, 7) is 10.5. The first-order valence-corrected chi connectivity index (χ1v) is 10.9. The van der Waals surface area contributed by atoms with E-state index in [1.54, 1.807) is 10.9 Å². The molecule has 0 spiro atoms. The number of benzene rings is 2. The summed E-state index contributed by atoms with van der Waals surface area (Å²) in [7, 11) is 1.85. The largest absolute Gasteiger partial charge is 0.396 e. The molecule has 184 valence electrons. The maximum Gasteiger partial charge on any atom is 0.202 e. The predicted molar refractivity (Wildman–Crippen MR) is 140 cm³/mol. The van der Waals surface area contributed by atoms with Crippen molar-refractivity contribution in [3.63, 3.8) is 0 Å². The standard InChI is InChI=1S/C12H10ClN5.C11H15NO.2CH2O/c1-14-9-5-4-8(13)7-11(9)18-10-3-2-6-15-12(10)16-17-18;1-4-13-12-10(3)11-7-5-9(2)6-8-11;2*1-2/h2-7,14H,1H3;5-8H,4H2,1-3H3;2*1H2/b;12-10-;;. The van der Waals surface area contributed by atoms with E-state index in [1.165, 1.54) is 5.56 Å². The monoisotopic (exact) mass is 496 g/mol. The van der Waals surface area contributed by atoms with Crippen LogP contribution in [-0.4, -0.2) is 52.9 Å². The molecule has 10 heteroatoms. The highest BCUT2D eigenvalue weighted by Gasteiger charge is 2.10. The second-order valence-corrected chi connectivity index (χ2v) is 7.16. The van der Waals surface area contributed by atoms with E-state index >= 15 is 0 Å². The Labute approximate surface area is 209 Å². The molecule has 0 aliphatic heterocycles. The number of anilines is 1. The van der Waals surface area contributed by atoms with Crippen LogP contribution in [0, 0.1) is 6.92 Å². The van der Waals surface area contributed by atoms with Gasteiger partial charge in [-0.15, -0.1) is 5.10 Å². The fourth-order valence-electron chi connectivity index (χ4n) is 2.84. The Kier molecular flexibility index (Phi) is 13.0. The molecule has 0 bridgehead atoms. The lowest BCUT2D eigenvalue weighted by molar-refractivity contribution is -0.0987. The number of aromatic nitrogens is 4. The molecule has 0 atom stereocenters. The van der Waals surface area contributed by atoms with Crippen molar-refractivity contribution in [3.8, 4) is 5.69 Å². The van der Waals surface area contributed by atoms with Gasteiger partial charge in [0.15, 0.2) is 0 Å². The lowest BCUT2D eigenvalue weighted by Crippen LogP contribution is -2.02. The minimum atomic E-state index is 0.611. The van der Waals surface area contributed by atoms with Crippen molar-refractivity contribution in [2.75, 3.05) is 19.0 Å². The average Bonchev–Trinajstić information content (AvgIpc) is 3.34. The second-order valence-electron chi connectivity index (χ2n) is 6.72. The van der Waals surface area contributed by atoms with Crippen molar-refractivity contribution < 1.29 is 14.4 Å². The Morgan fingerprint density at radius 2 is 1.80 bits per heavy atom. The topological polar surface area (TPSA) is 111 Å². The van der Waals surface area contributed by atoms with E-state index < -0.39 is 0 Å². The summed E-state index contributed by atoms with van der Waals surface area (Å²) in [5, 5.41) is 15.9. The fraction of sp³-hybridized carbons (Fsp3) is 0.200. The number of fused-ring (bicyclic) bond motifs is 1. The van der Waals surface area contributed by atoms with Crippen LogP contribution in [0.25, 0.3) is 16.9 Å². The molecule has 1 N–H and O–H groups in total. The number of nitrogens with one attached hydrogen (secondary N) is 1. The zero-order chi connectivity index (χ0) is 26.2. The lowest BCUT2D eigenvalue weighted by atomic mass is 10.1. The molecule has 0 fully saturated rings. The SMILES string of the molecule is C=O.C=O.CCO/N=C(/C)c1ccc(C)cc1.CNc1ccc(Cl)cc1-n1nnc2ncccc21. The van der Waals surface area contributed by atoms with E-state index in [0.717, 1.165) is 28.2 Å². The molecule has 35 heavy (non-hydrogen) atoms. The van der Waals surface area contributed by atoms with Crippen molar-refractivity contribution in [2.24, 2.45) is 5.16 Å². The van der Waals surface area contributed by atoms with Crippen LogP contribution in [0.15, 0.2) is 65.9 Å². The van der Waals surface area contributed by atoms with Gasteiger partial charge in [-0.1, -0.05) is 51.8 Å². The van der Waals surface area contributed by atoms with Gasteiger partial charge in [-0.25, -0.2) is 9.67 Å². The number of rotatable bonds is 5.